The number of unbranched alkanes of at least 4 members (excludes halogenated alkanes) is 4. The van der Waals surface area contributed by atoms with Crippen LogP contribution in [-0.2, 0) is 0 Å². The molecule has 1 rings (SSSR count). The van der Waals surface area contributed by atoms with Crippen LogP contribution in [-0.4, -0.2) is 0 Å². The minimum Gasteiger partial charge on any atom is -0.0654 e. The SMILES string of the molecule is CCCCCCCC(C)(C)CC(C)(C)CCCC1(C)CC1. The highest BCUT2D eigenvalue weighted by Gasteiger charge is 2.37. The van der Waals surface area contributed by atoms with Crippen molar-refractivity contribution in [2.24, 2.45) is 16.2 Å². The minimum absolute atomic E-state index is 0.526. The van der Waals surface area contributed by atoms with Crippen LogP contribution in [0.25, 0.3) is 0 Å². The number of rotatable bonds is 12. The zero-order valence-electron chi connectivity index (χ0n) is 16.0. The summed E-state index contributed by atoms with van der Waals surface area (Å²) in [5.41, 5.74) is 1.79. The summed E-state index contributed by atoms with van der Waals surface area (Å²) < 4.78 is 0. The maximum Gasteiger partial charge on any atom is -0.0325 e. The van der Waals surface area contributed by atoms with Gasteiger partial charge in [0.05, 0.1) is 0 Å². The highest BCUT2D eigenvalue weighted by molar-refractivity contribution is 4.89. The van der Waals surface area contributed by atoms with Gasteiger partial charge in [-0.2, -0.15) is 0 Å². The van der Waals surface area contributed by atoms with E-state index >= 15 is 0 Å². The van der Waals surface area contributed by atoms with Crippen LogP contribution in [0, 0.1) is 16.2 Å². The molecule has 0 N–H and O–H groups in total. The lowest BCUT2D eigenvalue weighted by molar-refractivity contribution is 0.162. The number of hydrogen-bond acceptors (Lipinski definition) is 0. The summed E-state index contributed by atoms with van der Waals surface area (Å²) >= 11 is 0. The molecule has 0 aliphatic heterocycles. The molecule has 1 aliphatic rings. The van der Waals surface area contributed by atoms with E-state index in [1.165, 1.54) is 77.0 Å². The van der Waals surface area contributed by atoms with Crippen molar-refractivity contribution in [2.45, 2.75) is 119 Å². The molecule has 1 saturated carbocycles. The predicted molar refractivity (Wildman–Crippen MR) is 96.7 cm³/mol. The van der Waals surface area contributed by atoms with E-state index in [9.17, 15) is 0 Å². The van der Waals surface area contributed by atoms with Crippen LogP contribution in [0.3, 0.4) is 0 Å². The first-order valence-electron chi connectivity index (χ1n) is 9.68. The monoisotopic (exact) mass is 294 g/mol. The molecule has 0 unspecified atom stereocenters. The quantitative estimate of drug-likeness (QED) is 0.323. The fourth-order valence-electron chi connectivity index (χ4n) is 4.14. The lowest BCUT2D eigenvalue weighted by atomic mass is 9.70. The van der Waals surface area contributed by atoms with Crippen molar-refractivity contribution in [3.63, 3.8) is 0 Å². The predicted octanol–water partition coefficient (Wildman–Crippen LogP) is 7.76. The van der Waals surface area contributed by atoms with Gasteiger partial charge in [0.1, 0.15) is 0 Å². The number of hydrogen-bond donors (Lipinski definition) is 0. The molecular weight excluding hydrogens is 252 g/mol. The van der Waals surface area contributed by atoms with Gasteiger partial charge in [-0.25, -0.2) is 0 Å². The molecule has 0 heterocycles. The first-order chi connectivity index (χ1) is 9.68. The second-order valence-corrected chi connectivity index (χ2v) is 9.83. The summed E-state index contributed by atoms with van der Waals surface area (Å²) in [6, 6.07) is 0. The molecule has 0 aromatic rings. The van der Waals surface area contributed by atoms with Gasteiger partial charge in [0, 0.05) is 0 Å². The molecule has 0 bridgehead atoms. The van der Waals surface area contributed by atoms with Crippen LogP contribution in [0.15, 0.2) is 0 Å². The fraction of sp³-hybridized carbons (Fsp3) is 1.00. The van der Waals surface area contributed by atoms with Crippen molar-refractivity contribution in [1.82, 2.24) is 0 Å². The molecule has 1 fully saturated rings. The second kappa shape index (κ2) is 8.02. The summed E-state index contributed by atoms with van der Waals surface area (Å²) in [4.78, 5) is 0. The van der Waals surface area contributed by atoms with E-state index < -0.39 is 0 Å². The first kappa shape index (κ1) is 19.0. The highest BCUT2D eigenvalue weighted by Crippen LogP contribution is 2.50. The Bertz CT molecular complexity index is 280. The van der Waals surface area contributed by atoms with Crippen molar-refractivity contribution < 1.29 is 0 Å². The van der Waals surface area contributed by atoms with Gasteiger partial charge in [-0.1, -0.05) is 80.1 Å². The van der Waals surface area contributed by atoms with E-state index in [0.29, 0.717) is 10.8 Å². The maximum atomic E-state index is 2.50. The van der Waals surface area contributed by atoms with Crippen molar-refractivity contribution in [3.05, 3.63) is 0 Å². The van der Waals surface area contributed by atoms with Crippen LogP contribution >= 0.6 is 0 Å². The third-order valence-electron chi connectivity index (χ3n) is 5.65. The molecule has 0 saturated heterocycles. The van der Waals surface area contributed by atoms with Crippen LogP contribution in [0.4, 0.5) is 0 Å². The van der Waals surface area contributed by atoms with Crippen molar-refractivity contribution in [3.8, 4) is 0 Å². The molecule has 0 aromatic heterocycles. The summed E-state index contributed by atoms with van der Waals surface area (Å²) in [7, 11) is 0. The Kier molecular flexibility index (Phi) is 7.28. The summed E-state index contributed by atoms with van der Waals surface area (Å²) in [6.07, 6.45) is 17.2. The molecule has 0 heteroatoms. The van der Waals surface area contributed by atoms with E-state index in [2.05, 4.69) is 41.5 Å². The first-order valence-corrected chi connectivity index (χ1v) is 9.68. The fourth-order valence-corrected chi connectivity index (χ4v) is 4.14. The Morgan fingerprint density at radius 2 is 1.29 bits per heavy atom. The van der Waals surface area contributed by atoms with Gasteiger partial charge in [0.2, 0.25) is 0 Å². The van der Waals surface area contributed by atoms with Gasteiger partial charge in [0.25, 0.3) is 0 Å². The average molecular weight is 295 g/mol. The van der Waals surface area contributed by atoms with Crippen LogP contribution in [0.2, 0.25) is 0 Å². The standard InChI is InChI=1S/C21H42/c1-7-8-9-10-11-13-19(2,3)18-20(4,5)14-12-15-21(6)16-17-21/h7-18H2,1-6H3. The van der Waals surface area contributed by atoms with Gasteiger partial charge in [0.15, 0.2) is 0 Å². The van der Waals surface area contributed by atoms with Gasteiger partial charge >= 0.3 is 0 Å². The van der Waals surface area contributed by atoms with Gasteiger partial charge < -0.3 is 0 Å². The van der Waals surface area contributed by atoms with E-state index in [4.69, 9.17) is 0 Å². The lowest BCUT2D eigenvalue weighted by Gasteiger charge is -2.35. The van der Waals surface area contributed by atoms with Crippen LogP contribution in [0.1, 0.15) is 119 Å². The second-order valence-electron chi connectivity index (χ2n) is 9.83. The topological polar surface area (TPSA) is 0 Å². The minimum atomic E-state index is 0.526. The molecule has 21 heavy (non-hydrogen) atoms. The van der Waals surface area contributed by atoms with Crippen molar-refractivity contribution >= 4 is 0 Å². The lowest BCUT2D eigenvalue weighted by Crippen LogP contribution is -2.23. The molecule has 126 valence electrons. The molecule has 0 amide bonds. The maximum absolute atomic E-state index is 2.50. The normalized spacial score (nSPS) is 18.0. The van der Waals surface area contributed by atoms with Gasteiger partial charge in [-0.3, -0.25) is 0 Å². The molecule has 0 radical (unpaired) electrons. The van der Waals surface area contributed by atoms with Crippen molar-refractivity contribution in [2.75, 3.05) is 0 Å². The molecule has 0 nitrogen and oxygen atoms in total. The smallest absolute Gasteiger partial charge is 0.0325 e. The van der Waals surface area contributed by atoms with E-state index in [1.807, 2.05) is 0 Å². The molecule has 0 atom stereocenters. The Balaban J connectivity index is 2.20. The van der Waals surface area contributed by atoms with E-state index in [0.717, 1.165) is 5.41 Å². The Morgan fingerprint density at radius 3 is 1.81 bits per heavy atom. The van der Waals surface area contributed by atoms with Gasteiger partial charge in [-0.15, -0.1) is 0 Å². The zero-order chi connectivity index (χ0) is 16.0. The van der Waals surface area contributed by atoms with E-state index in [-0.39, 0.29) is 0 Å². The molecule has 0 aromatic carbocycles. The zero-order valence-corrected chi connectivity index (χ0v) is 16.0. The largest absolute Gasteiger partial charge is 0.0654 e. The molecule has 0 spiro atoms. The van der Waals surface area contributed by atoms with E-state index in [1.54, 1.807) is 0 Å². The molecule has 1 aliphatic carbocycles. The Morgan fingerprint density at radius 1 is 0.762 bits per heavy atom. The van der Waals surface area contributed by atoms with Crippen LogP contribution in [0.5, 0.6) is 0 Å². The average Bonchev–Trinajstić information content (AvgIpc) is 3.05. The third-order valence-corrected chi connectivity index (χ3v) is 5.65. The summed E-state index contributed by atoms with van der Waals surface area (Å²) in [5.74, 6) is 0. The van der Waals surface area contributed by atoms with Gasteiger partial charge in [-0.05, 0) is 54.8 Å². The Labute approximate surface area is 135 Å². The Hall–Kier alpha value is 0. The molecular formula is C21H42. The summed E-state index contributed by atoms with van der Waals surface area (Å²) in [5, 5.41) is 0. The van der Waals surface area contributed by atoms with Crippen molar-refractivity contribution in [1.29, 1.82) is 0 Å². The third kappa shape index (κ3) is 8.89. The summed E-state index contributed by atoms with van der Waals surface area (Å²) in [6.45, 7) is 14.8. The van der Waals surface area contributed by atoms with Crippen LogP contribution < -0.4 is 0 Å². The highest BCUT2D eigenvalue weighted by atomic mass is 14.4.